The lowest BCUT2D eigenvalue weighted by atomic mass is 10.1. The van der Waals surface area contributed by atoms with Gasteiger partial charge in [0.1, 0.15) is 5.75 Å². The Morgan fingerprint density at radius 2 is 1.63 bits per heavy atom. The molecule has 1 aliphatic heterocycles. The van der Waals surface area contributed by atoms with Crippen LogP contribution in [0.25, 0.3) is 11.8 Å². The average Bonchev–Trinajstić information content (AvgIpc) is 2.42. The Kier molecular flexibility index (Phi) is 2.99. The van der Waals surface area contributed by atoms with E-state index in [-0.39, 0.29) is 5.75 Å². The molecule has 2 aromatic rings. The van der Waals surface area contributed by atoms with Crippen LogP contribution in [-0.4, -0.2) is 5.11 Å². The third-order valence-corrected chi connectivity index (χ3v) is 2.96. The molecule has 0 fully saturated rings. The van der Waals surface area contributed by atoms with Crippen LogP contribution < -0.4 is 10.6 Å². The van der Waals surface area contributed by atoms with Crippen molar-refractivity contribution in [2.75, 3.05) is 0 Å². The second kappa shape index (κ2) is 4.94. The first-order valence-electron chi connectivity index (χ1n) is 6.15. The molecule has 0 radical (unpaired) electrons. The Hall–Kier alpha value is -2.61. The maximum atomic E-state index is 9.53. The quantitative estimate of drug-likeness (QED) is 0.824. The molecular formula is C17H13NO. The van der Waals surface area contributed by atoms with Gasteiger partial charge in [0.2, 0.25) is 0 Å². The van der Waals surface area contributed by atoms with Gasteiger partial charge >= 0.3 is 0 Å². The smallest absolute Gasteiger partial charge is 0.116 e. The highest BCUT2D eigenvalue weighted by Gasteiger charge is 1.99. The Labute approximate surface area is 111 Å². The van der Waals surface area contributed by atoms with E-state index in [0.29, 0.717) is 0 Å². The number of rotatable bonds is 1. The van der Waals surface area contributed by atoms with Crippen LogP contribution in [0.3, 0.4) is 0 Å². The molecule has 19 heavy (non-hydrogen) atoms. The summed E-state index contributed by atoms with van der Waals surface area (Å²) in [7, 11) is 0. The van der Waals surface area contributed by atoms with Crippen LogP contribution in [0.1, 0.15) is 5.56 Å². The number of nitrogens with zero attached hydrogens (tertiary/aromatic N) is 1. The van der Waals surface area contributed by atoms with Crippen molar-refractivity contribution in [3.05, 3.63) is 82.9 Å². The lowest BCUT2D eigenvalue weighted by Crippen LogP contribution is -2.24. The molecule has 0 saturated carbocycles. The molecule has 0 bridgehead atoms. The van der Waals surface area contributed by atoms with Gasteiger partial charge in [-0.1, -0.05) is 48.6 Å². The minimum absolute atomic E-state index is 0.254. The van der Waals surface area contributed by atoms with Gasteiger partial charge in [-0.05, 0) is 24.3 Å². The van der Waals surface area contributed by atoms with E-state index in [1.165, 1.54) is 0 Å². The van der Waals surface area contributed by atoms with Crippen molar-refractivity contribution in [3.63, 3.8) is 0 Å². The highest BCUT2D eigenvalue weighted by Crippen LogP contribution is 2.15. The minimum Gasteiger partial charge on any atom is -0.508 e. The monoisotopic (exact) mass is 247 g/mol. The van der Waals surface area contributed by atoms with Gasteiger partial charge < -0.3 is 5.11 Å². The van der Waals surface area contributed by atoms with Crippen molar-refractivity contribution in [1.29, 1.82) is 0 Å². The van der Waals surface area contributed by atoms with Crippen molar-refractivity contribution in [3.8, 4) is 5.75 Å². The molecule has 0 unspecified atom stereocenters. The zero-order chi connectivity index (χ0) is 13.1. The molecule has 1 N–H and O–H groups in total. The van der Waals surface area contributed by atoms with E-state index >= 15 is 0 Å². The summed E-state index contributed by atoms with van der Waals surface area (Å²) in [6.07, 6.45) is 7.84. The number of phenols is 1. The Morgan fingerprint density at radius 3 is 2.47 bits per heavy atom. The number of fused-ring (bicyclic) bond motifs is 1. The van der Waals surface area contributed by atoms with Crippen molar-refractivity contribution in [1.82, 2.24) is 0 Å². The van der Waals surface area contributed by atoms with Gasteiger partial charge in [0.25, 0.3) is 0 Å². The normalized spacial score (nSPS) is 21.4. The zero-order valence-electron chi connectivity index (χ0n) is 10.3. The summed E-state index contributed by atoms with van der Waals surface area (Å²) in [6.45, 7) is 0. The number of phenolic OH excluding ortho intramolecular Hbond substituents is 1. The first-order valence-corrected chi connectivity index (χ1v) is 6.15. The lowest BCUT2D eigenvalue weighted by molar-refractivity contribution is 0.474. The number of aromatic hydroxyl groups is 1. The molecule has 1 heterocycles. The van der Waals surface area contributed by atoms with Crippen LogP contribution in [0.4, 0.5) is 0 Å². The maximum Gasteiger partial charge on any atom is 0.116 e. The molecular weight excluding hydrogens is 234 g/mol. The van der Waals surface area contributed by atoms with E-state index in [2.05, 4.69) is 4.99 Å². The van der Waals surface area contributed by atoms with Gasteiger partial charge in [0, 0.05) is 10.8 Å². The number of hydrogen-bond acceptors (Lipinski definition) is 2. The van der Waals surface area contributed by atoms with Gasteiger partial charge in [0.15, 0.2) is 0 Å². The number of benzene rings is 2. The average molecular weight is 247 g/mol. The molecule has 1 aliphatic rings. The molecule has 2 heteroatoms. The van der Waals surface area contributed by atoms with E-state index in [1.807, 2.05) is 60.7 Å². The molecule has 2 aromatic carbocycles. The van der Waals surface area contributed by atoms with Crippen LogP contribution in [-0.2, 0) is 0 Å². The van der Waals surface area contributed by atoms with Crippen LogP contribution >= 0.6 is 0 Å². The summed E-state index contributed by atoms with van der Waals surface area (Å²) in [6, 6.07) is 15.3. The molecule has 2 nitrogen and oxygen atoms in total. The first-order chi connectivity index (χ1) is 9.33. The summed E-state index contributed by atoms with van der Waals surface area (Å²) in [4.78, 5) is 4.68. The third-order valence-electron chi connectivity index (χ3n) is 2.96. The van der Waals surface area contributed by atoms with E-state index in [1.54, 1.807) is 12.1 Å². The third kappa shape index (κ3) is 2.47. The van der Waals surface area contributed by atoms with E-state index in [4.69, 9.17) is 0 Å². The Bertz CT molecular complexity index is 771. The fourth-order valence-corrected chi connectivity index (χ4v) is 2.02. The highest BCUT2D eigenvalue weighted by atomic mass is 16.3. The molecule has 92 valence electrons. The van der Waals surface area contributed by atoms with Crippen molar-refractivity contribution in [2.24, 2.45) is 4.99 Å². The standard InChI is InChI=1S/C17H13NO/c19-15-10-11-17-14(12-15)8-4-5-9-16(18-17)13-6-2-1-3-7-13/h1-12,19H/b5-4-,8-4?,9-5?,14-8-,16-9-,18-16?,18-17-. The second-order valence-corrected chi connectivity index (χ2v) is 4.32. The largest absolute Gasteiger partial charge is 0.508 e. The molecule has 0 amide bonds. The minimum atomic E-state index is 0.254. The van der Waals surface area contributed by atoms with Gasteiger partial charge in [0.05, 0.1) is 11.1 Å². The summed E-state index contributed by atoms with van der Waals surface area (Å²) in [5.41, 5.74) is 1.99. The molecule has 3 rings (SSSR count). The molecule has 0 saturated heterocycles. The van der Waals surface area contributed by atoms with Crippen LogP contribution in [0.5, 0.6) is 5.75 Å². The summed E-state index contributed by atoms with van der Waals surface area (Å²) < 4.78 is 0. The van der Waals surface area contributed by atoms with E-state index in [0.717, 1.165) is 21.8 Å². The molecule has 0 aliphatic carbocycles. The highest BCUT2D eigenvalue weighted by molar-refractivity contribution is 5.67. The summed E-state index contributed by atoms with van der Waals surface area (Å²) >= 11 is 0. The van der Waals surface area contributed by atoms with Crippen molar-refractivity contribution < 1.29 is 5.11 Å². The topological polar surface area (TPSA) is 32.6 Å². The SMILES string of the molecule is Oc1ccc2/c(c1)=C\C=C/C=C(c1ccccc1)\N=2. The van der Waals surface area contributed by atoms with Gasteiger partial charge in [-0.2, -0.15) is 0 Å². The maximum absolute atomic E-state index is 9.53. The lowest BCUT2D eigenvalue weighted by Gasteiger charge is -2.03. The molecule has 0 spiro atoms. The van der Waals surface area contributed by atoms with E-state index in [9.17, 15) is 5.11 Å². The summed E-state index contributed by atoms with van der Waals surface area (Å²) in [5.74, 6) is 0.254. The van der Waals surface area contributed by atoms with Crippen LogP contribution in [0, 0.1) is 0 Å². The summed E-state index contributed by atoms with van der Waals surface area (Å²) in [5, 5.41) is 11.3. The van der Waals surface area contributed by atoms with Crippen molar-refractivity contribution >= 4 is 11.8 Å². The Balaban J connectivity index is 2.22. The fraction of sp³-hybridized carbons (Fsp3) is 0. The first kappa shape index (κ1) is 11.5. The molecule has 0 atom stereocenters. The van der Waals surface area contributed by atoms with Gasteiger partial charge in [-0.25, -0.2) is 4.99 Å². The van der Waals surface area contributed by atoms with Crippen molar-refractivity contribution in [2.45, 2.75) is 0 Å². The van der Waals surface area contributed by atoms with Gasteiger partial charge in [-0.15, -0.1) is 0 Å². The van der Waals surface area contributed by atoms with Gasteiger partial charge in [-0.3, -0.25) is 0 Å². The predicted octanol–water partition coefficient (Wildman–Crippen LogP) is 2.40. The van der Waals surface area contributed by atoms with Crippen LogP contribution in [0.2, 0.25) is 0 Å². The second-order valence-electron chi connectivity index (χ2n) is 4.32. The number of allylic oxidation sites excluding steroid dienone is 3. The van der Waals surface area contributed by atoms with E-state index < -0.39 is 0 Å². The zero-order valence-corrected chi connectivity index (χ0v) is 10.3. The predicted molar refractivity (Wildman–Crippen MR) is 76.9 cm³/mol. The fourth-order valence-electron chi connectivity index (χ4n) is 2.02. The number of hydrogen-bond donors (Lipinski definition) is 1. The molecule has 0 aromatic heterocycles. The Morgan fingerprint density at radius 1 is 0.842 bits per heavy atom. The van der Waals surface area contributed by atoms with Crippen LogP contribution in [0.15, 0.2) is 71.8 Å².